The van der Waals surface area contributed by atoms with Crippen molar-refractivity contribution in [3.05, 3.63) is 77.6 Å². The molecule has 1 aromatic heterocycles. The minimum Gasteiger partial charge on any atom is -0.488 e. The molecule has 31 heavy (non-hydrogen) atoms. The summed E-state index contributed by atoms with van der Waals surface area (Å²) in [5.41, 5.74) is 6.47. The van der Waals surface area contributed by atoms with Gasteiger partial charge in [-0.3, -0.25) is 4.90 Å². The summed E-state index contributed by atoms with van der Waals surface area (Å²) in [5, 5.41) is 1.35. The third-order valence-corrected chi connectivity index (χ3v) is 6.81. The first kappa shape index (κ1) is 20.2. The minimum atomic E-state index is 0.168. The van der Waals surface area contributed by atoms with E-state index in [1.807, 2.05) is 0 Å². The zero-order valence-electron chi connectivity index (χ0n) is 18.7. The molecule has 3 heterocycles. The fourth-order valence-electron chi connectivity index (χ4n) is 5.15. The van der Waals surface area contributed by atoms with Crippen molar-refractivity contribution in [1.29, 1.82) is 0 Å². The highest BCUT2D eigenvalue weighted by molar-refractivity contribution is 5.85. The number of likely N-dealkylation sites (tertiary alicyclic amines) is 1. The van der Waals surface area contributed by atoms with Gasteiger partial charge in [-0.25, -0.2) is 0 Å². The SMILES string of the molecule is C=C(CC)N1CCc2c([nH]c3ccccc23)[C@H]1c1ccc(OC2CN(CCC)C2)cc1. The maximum absolute atomic E-state index is 6.20. The molecule has 3 aromatic rings. The molecule has 0 aliphatic carbocycles. The third kappa shape index (κ3) is 3.74. The van der Waals surface area contributed by atoms with E-state index >= 15 is 0 Å². The van der Waals surface area contributed by atoms with Crippen LogP contribution in [-0.4, -0.2) is 47.1 Å². The highest BCUT2D eigenvalue weighted by Crippen LogP contribution is 2.40. The Morgan fingerprint density at radius 3 is 2.61 bits per heavy atom. The summed E-state index contributed by atoms with van der Waals surface area (Å²) in [6.45, 7) is 13.1. The number of H-pyrrole nitrogens is 1. The highest BCUT2D eigenvalue weighted by atomic mass is 16.5. The predicted molar refractivity (Wildman–Crippen MR) is 128 cm³/mol. The van der Waals surface area contributed by atoms with Crippen molar-refractivity contribution in [2.75, 3.05) is 26.2 Å². The fourth-order valence-corrected chi connectivity index (χ4v) is 5.15. The van der Waals surface area contributed by atoms with E-state index in [0.29, 0.717) is 6.10 Å². The average Bonchev–Trinajstić information content (AvgIpc) is 3.16. The van der Waals surface area contributed by atoms with Crippen molar-refractivity contribution in [2.45, 2.75) is 45.3 Å². The molecule has 4 nitrogen and oxygen atoms in total. The number of ether oxygens (including phenoxy) is 1. The molecule has 1 saturated heterocycles. The smallest absolute Gasteiger partial charge is 0.124 e. The highest BCUT2D eigenvalue weighted by Gasteiger charge is 2.32. The van der Waals surface area contributed by atoms with Gasteiger partial charge in [0, 0.05) is 41.9 Å². The first-order valence-corrected chi connectivity index (χ1v) is 11.7. The van der Waals surface area contributed by atoms with Gasteiger partial charge < -0.3 is 14.6 Å². The number of hydrogen-bond acceptors (Lipinski definition) is 3. The van der Waals surface area contributed by atoms with Gasteiger partial charge >= 0.3 is 0 Å². The minimum absolute atomic E-state index is 0.168. The molecule has 1 fully saturated rings. The topological polar surface area (TPSA) is 31.5 Å². The number of rotatable bonds is 7. The van der Waals surface area contributed by atoms with Crippen molar-refractivity contribution in [1.82, 2.24) is 14.8 Å². The summed E-state index contributed by atoms with van der Waals surface area (Å²) in [6, 6.07) is 17.6. The van der Waals surface area contributed by atoms with Crippen LogP contribution in [-0.2, 0) is 6.42 Å². The van der Waals surface area contributed by atoms with E-state index in [1.165, 1.54) is 46.4 Å². The van der Waals surface area contributed by atoms with Crippen LogP contribution in [0.4, 0.5) is 0 Å². The molecule has 0 spiro atoms. The summed E-state index contributed by atoms with van der Waals surface area (Å²) in [4.78, 5) is 8.66. The lowest BCUT2D eigenvalue weighted by atomic mass is 9.91. The maximum Gasteiger partial charge on any atom is 0.124 e. The lowest BCUT2D eigenvalue weighted by molar-refractivity contribution is 0.0202. The zero-order chi connectivity index (χ0) is 21.4. The Labute approximate surface area is 185 Å². The Kier molecular flexibility index (Phi) is 5.49. The quantitative estimate of drug-likeness (QED) is 0.552. The largest absolute Gasteiger partial charge is 0.488 e. The molecule has 0 radical (unpaired) electrons. The molecule has 0 saturated carbocycles. The molecule has 2 aromatic carbocycles. The van der Waals surface area contributed by atoms with Crippen LogP contribution in [0.15, 0.2) is 60.8 Å². The first-order chi connectivity index (χ1) is 15.2. The number of hydrogen-bond donors (Lipinski definition) is 1. The monoisotopic (exact) mass is 415 g/mol. The van der Waals surface area contributed by atoms with Gasteiger partial charge in [-0.2, -0.15) is 0 Å². The molecule has 0 unspecified atom stereocenters. The Morgan fingerprint density at radius 2 is 1.87 bits per heavy atom. The summed E-state index contributed by atoms with van der Waals surface area (Å²) in [5.74, 6) is 0.971. The Bertz CT molecular complexity index is 1060. The van der Waals surface area contributed by atoms with Crippen LogP contribution >= 0.6 is 0 Å². The summed E-state index contributed by atoms with van der Waals surface area (Å²) < 4.78 is 6.20. The number of nitrogens with one attached hydrogen (secondary N) is 1. The van der Waals surface area contributed by atoms with E-state index in [9.17, 15) is 0 Å². The van der Waals surface area contributed by atoms with E-state index in [-0.39, 0.29) is 6.04 Å². The van der Waals surface area contributed by atoms with E-state index in [2.05, 4.69) is 83.7 Å². The van der Waals surface area contributed by atoms with Gasteiger partial charge in [-0.1, -0.05) is 50.8 Å². The van der Waals surface area contributed by atoms with Gasteiger partial charge in [0.05, 0.1) is 6.04 Å². The van der Waals surface area contributed by atoms with Crippen molar-refractivity contribution in [3.63, 3.8) is 0 Å². The second-order valence-electron chi connectivity index (χ2n) is 8.90. The molecule has 2 aliphatic heterocycles. The molecule has 4 heteroatoms. The molecule has 162 valence electrons. The molecular weight excluding hydrogens is 382 g/mol. The van der Waals surface area contributed by atoms with E-state index in [0.717, 1.165) is 38.2 Å². The fraction of sp³-hybridized carbons (Fsp3) is 0.407. The molecular formula is C27H33N3O. The molecule has 0 amide bonds. The third-order valence-electron chi connectivity index (χ3n) is 6.81. The lowest BCUT2D eigenvalue weighted by Gasteiger charge is -2.39. The average molecular weight is 416 g/mol. The molecule has 5 rings (SSSR count). The Hall–Kier alpha value is -2.72. The Balaban J connectivity index is 1.42. The van der Waals surface area contributed by atoms with Crippen LogP contribution in [0.25, 0.3) is 10.9 Å². The number of aromatic amines is 1. The van der Waals surface area contributed by atoms with Crippen LogP contribution in [0.5, 0.6) is 5.75 Å². The van der Waals surface area contributed by atoms with Gasteiger partial charge in [-0.15, -0.1) is 0 Å². The molecule has 1 N–H and O–H groups in total. The van der Waals surface area contributed by atoms with Gasteiger partial charge in [0.2, 0.25) is 0 Å². The Morgan fingerprint density at radius 1 is 1.10 bits per heavy atom. The number of aromatic nitrogens is 1. The second kappa shape index (κ2) is 8.43. The standard InChI is InChI=1S/C27H33N3O/c1-4-15-29-17-22(18-29)31-21-12-10-20(11-13-21)27-26-24(14-16-30(27)19(3)5-2)23-8-6-7-9-25(23)28-26/h6-13,22,27-28H,3-5,14-18H2,1-2H3/t27-/m1/s1. The van der Waals surface area contributed by atoms with Gasteiger partial charge in [0.1, 0.15) is 11.9 Å². The van der Waals surface area contributed by atoms with Crippen LogP contribution in [0.1, 0.15) is 49.6 Å². The zero-order valence-corrected chi connectivity index (χ0v) is 18.7. The summed E-state index contributed by atoms with van der Waals surface area (Å²) in [6.07, 6.45) is 3.54. The number of para-hydroxylation sites is 1. The maximum atomic E-state index is 6.20. The number of nitrogens with zero attached hydrogens (tertiary/aromatic N) is 2. The van der Waals surface area contributed by atoms with Crippen molar-refractivity contribution in [2.24, 2.45) is 0 Å². The van der Waals surface area contributed by atoms with Crippen LogP contribution in [0.3, 0.4) is 0 Å². The molecule has 1 atom stereocenters. The lowest BCUT2D eigenvalue weighted by Crippen LogP contribution is -2.53. The van der Waals surface area contributed by atoms with Crippen molar-refractivity contribution < 1.29 is 4.74 Å². The molecule has 2 aliphatic rings. The van der Waals surface area contributed by atoms with Gasteiger partial charge in [0.25, 0.3) is 0 Å². The van der Waals surface area contributed by atoms with E-state index in [1.54, 1.807) is 0 Å². The summed E-state index contributed by atoms with van der Waals surface area (Å²) >= 11 is 0. The number of allylic oxidation sites excluding steroid dienone is 1. The summed E-state index contributed by atoms with van der Waals surface area (Å²) in [7, 11) is 0. The predicted octanol–water partition coefficient (Wildman–Crippen LogP) is 5.51. The molecule has 0 bridgehead atoms. The number of fused-ring (bicyclic) bond motifs is 3. The normalized spacial score (nSPS) is 19.3. The van der Waals surface area contributed by atoms with Gasteiger partial charge in [-0.05, 0) is 55.1 Å². The van der Waals surface area contributed by atoms with Crippen LogP contribution < -0.4 is 4.74 Å². The number of benzene rings is 2. The van der Waals surface area contributed by atoms with E-state index in [4.69, 9.17) is 4.74 Å². The van der Waals surface area contributed by atoms with Crippen LogP contribution in [0.2, 0.25) is 0 Å². The van der Waals surface area contributed by atoms with Crippen LogP contribution in [0, 0.1) is 0 Å². The van der Waals surface area contributed by atoms with Crippen molar-refractivity contribution >= 4 is 10.9 Å². The second-order valence-corrected chi connectivity index (χ2v) is 8.90. The van der Waals surface area contributed by atoms with Gasteiger partial charge in [0.15, 0.2) is 0 Å². The van der Waals surface area contributed by atoms with E-state index < -0.39 is 0 Å². The first-order valence-electron chi connectivity index (χ1n) is 11.7. The van der Waals surface area contributed by atoms with Crippen molar-refractivity contribution in [3.8, 4) is 5.75 Å².